The van der Waals surface area contributed by atoms with Gasteiger partial charge in [-0.2, -0.15) is 4.98 Å². The second-order valence-electron chi connectivity index (χ2n) is 6.86. The predicted octanol–water partition coefficient (Wildman–Crippen LogP) is 2.92. The molecule has 8 heteroatoms. The van der Waals surface area contributed by atoms with Gasteiger partial charge in [0.1, 0.15) is 12.4 Å². The second-order valence-corrected chi connectivity index (χ2v) is 7.30. The molecule has 0 radical (unpaired) electrons. The van der Waals surface area contributed by atoms with Crippen molar-refractivity contribution in [2.75, 3.05) is 25.2 Å². The number of hydrogen-bond acceptors (Lipinski definition) is 5. The Morgan fingerprint density at radius 2 is 2.04 bits per heavy atom. The fourth-order valence-electron chi connectivity index (χ4n) is 3.66. The molecule has 0 aliphatic carbocycles. The standard InChI is InChI=1S/C20H20ClN3O4/c1-27-18-13(10-15-11-28-20(26)22-15)4-7-17(23-18)24-9-8-16(19(24)25)12-2-5-14(21)6-3-12/h2-7,15-16H,8-11H2,1H3,(H,22,26)/t15-,16?/m0/s1. The van der Waals surface area contributed by atoms with Gasteiger partial charge in [-0.05, 0) is 36.2 Å². The third-order valence-electron chi connectivity index (χ3n) is 5.08. The van der Waals surface area contributed by atoms with E-state index in [4.69, 9.17) is 21.1 Å². The molecule has 28 heavy (non-hydrogen) atoms. The summed E-state index contributed by atoms with van der Waals surface area (Å²) >= 11 is 5.95. The van der Waals surface area contributed by atoms with Crippen molar-refractivity contribution >= 4 is 29.4 Å². The number of nitrogens with one attached hydrogen (secondary N) is 1. The third kappa shape index (κ3) is 3.62. The topological polar surface area (TPSA) is 80.8 Å². The lowest BCUT2D eigenvalue weighted by atomic mass is 9.98. The van der Waals surface area contributed by atoms with E-state index in [2.05, 4.69) is 10.3 Å². The molecular weight excluding hydrogens is 382 g/mol. The van der Waals surface area contributed by atoms with Crippen LogP contribution in [0, 0.1) is 0 Å². The molecule has 2 amide bonds. The maximum atomic E-state index is 12.9. The van der Waals surface area contributed by atoms with Crippen molar-refractivity contribution in [3.8, 4) is 5.88 Å². The van der Waals surface area contributed by atoms with Gasteiger partial charge < -0.3 is 14.8 Å². The molecule has 2 fully saturated rings. The van der Waals surface area contributed by atoms with E-state index in [-0.39, 0.29) is 17.9 Å². The number of ether oxygens (including phenoxy) is 2. The van der Waals surface area contributed by atoms with Crippen molar-refractivity contribution in [3.63, 3.8) is 0 Å². The van der Waals surface area contributed by atoms with Gasteiger partial charge in [0.15, 0.2) is 0 Å². The summed E-state index contributed by atoms with van der Waals surface area (Å²) in [4.78, 5) is 30.4. The van der Waals surface area contributed by atoms with Gasteiger partial charge in [0, 0.05) is 23.6 Å². The van der Waals surface area contributed by atoms with E-state index in [0.717, 1.165) is 17.5 Å². The highest BCUT2D eigenvalue weighted by Crippen LogP contribution is 2.33. The Bertz CT molecular complexity index is 903. The monoisotopic (exact) mass is 401 g/mol. The van der Waals surface area contributed by atoms with Crippen LogP contribution in [0.4, 0.5) is 10.6 Å². The fraction of sp³-hybridized carbons (Fsp3) is 0.350. The van der Waals surface area contributed by atoms with E-state index in [1.54, 1.807) is 24.1 Å². The van der Waals surface area contributed by atoms with Crippen LogP contribution in [0.5, 0.6) is 5.88 Å². The van der Waals surface area contributed by atoms with Gasteiger partial charge in [-0.25, -0.2) is 4.79 Å². The summed E-state index contributed by atoms with van der Waals surface area (Å²) in [6.45, 7) is 0.908. The van der Waals surface area contributed by atoms with E-state index < -0.39 is 6.09 Å². The number of anilines is 1. The number of nitrogens with zero attached hydrogens (tertiary/aromatic N) is 2. The molecule has 1 aromatic carbocycles. The number of rotatable bonds is 5. The Kier molecular flexibility index (Phi) is 5.09. The van der Waals surface area contributed by atoms with Gasteiger partial charge >= 0.3 is 6.09 Å². The zero-order valence-electron chi connectivity index (χ0n) is 15.4. The molecule has 7 nitrogen and oxygen atoms in total. The fourth-order valence-corrected chi connectivity index (χ4v) is 3.78. The molecule has 4 rings (SSSR count). The molecule has 0 bridgehead atoms. The average Bonchev–Trinajstić information content (AvgIpc) is 3.28. The SMILES string of the molecule is COc1nc(N2CCC(c3ccc(Cl)cc3)C2=O)ccc1C[C@H]1COC(=O)N1. The van der Waals surface area contributed by atoms with Crippen LogP contribution >= 0.6 is 11.6 Å². The first kappa shape index (κ1) is 18.6. The first-order chi connectivity index (χ1) is 13.5. The van der Waals surface area contributed by atoms with Gasteiger partial charge in [-0.3, -0.25) is 9.69 Å². The summed E-state index contributed by atoms with van der Waals surface area (Å²) in [5, 5.41) is 3.39. The normalized spacial score (nSPS) is 21.6. The van der Waals surface area contributed by atoms with Crippen LogP contribution < -0.4 is 15.0 Å². The summed E-state index contributed by atoms with van der Waals surface area (Å²) in [7, 11) is 1.54. The van der Waals surface area contributed by atoms with Gasteiger partial charge in [-0.15, -0.1) is 0 Å². The highest BCUT2D eigenvalue weighted by atomic mass is 35.5. The van der Waals surface area contributed by atoms with Crippen molar-refractivity contribution in [2.24, 2.45) is 0 Å². The minimum absolute atomic E-state index is 0.0149. The number of benzene rings is 1. The van der Waals surface area contributed by atoms with E-state index >= 15 is 0 Å². The van der Waals surface area contributed by atoms with Crippen LogP contribution in [-0.2, 0) is 16.0 Å². The number of amides is 2. The predicted molar refractivity (Wildman–Crippen MR) is 104 cm³/mol. The second kappa shape index (κ2) is 7.67. The molecule has 1 N–H and O–H groups in total. The van der Waals surface area contributed by atoms with E-state index in [1.165, 1.54) is 0 Å². The van der Waals surface area contributed by atoms with Crippen LogP contribution in [0.3, 0.4) is 0 Å². The van der Waals surface area contributed by atoms with Gasteiger partial charge in [0.05, 0.1) is 19.1 Å². The van der Waals surface area contributed by atoms with Crippen LogP contribution in [0.25, 0.3) is 0 Å². The van der Waals surface area contributed by atoms with Crippen LogP contribution in [-0.4, -0.2) is 43.3 Å². The number of methoxy groups -OCH3 is 1. The number of alkyl carbamates (subject to hydrolysis) is 1. The average molecular weight is 402 g/mol. The number of hydrogen-bond donors (Lipinski definition) is 1. The molecule has 3 heterocycles. The molecule has 0 spiro atoms. The van der Waals surface area contributed by atoms with Crippen LogP contribution in [0.1, 0.15) is 23.5 Å². The van der Waals surface area contributed by atoms with Crippen molar-refractivity contribution in [2.45, 2.75) is 24.8 Å². The molecule has 2 atom stereocenters. The van der Waals surface area contributed by atoms with Crippen LogP contribution in [0.2, 0.25) is 5.02 Å². The highest BCUT2D eigenvalue weighted by Gasteiger charge is 2.34. The van der Waals surface area contributed by atoms with Gasteiger partial charge in [-0.1, -0.05) is 23.7 Å². The first-order valence-corrected chi connectivity index (χ1v) is 9.47. The molecule has 2 aliphatic rings. The quantitative estimate of drug-likeness (QED) is 0.833. The zero-order valence-corrected chi connectivity index (χ0v) is 16.1. The zero-order chi connectivity index (χ0) is 19.7. The number of pyridine rings is 1. The van der Waals surface area contributed by atoms with Crippen molar-refractivity contribution in [1.82, 2.24) is 10.3 Å². The van der Waals surface area contributed by atoms with E-state index in [1.807, 2.05) is 24.3 Å². The molecule has 1 aromatic heterocycles. The lowest BCUT2D eigenvalue weighted by molar-refractivity contribution is -0.118. The summed E-state index contributed by atoms with van der Waals surface area (Å²) in [5.41, 5.74) is 1.81. The molecule has 2 aliphatic heterocycles. The van der Waals surface area contributed by atoms with Crippen molar-refractivity contribution < 1.29 is 19.1 Å². The van der Waals surface area contributed by atoms with Gasteiger partial charge in [0.2, 0.25) is 11.8 Å². The number of halogens is 1. The van der Waals surface area contributed by atoms with Gasteiger partial charge in [0.25, 0.3) is 0 Å². The Morgan fingerprint density at radius 3 is 2.71 bits per heavy atom. The molecule has 2 aromatic rings. The van der Waals surface area contributed by atoms with E-state index in [9.17, 15) is 9.59 Å². The maximum absolute atomic E-state index is 12.9. The van der Waals surface area contributed by atoms with Crippen molar-refractivity contribution in [1.29, 1.82) is 0 Å². The van der Waals surface area contributed by atoms with Crippen LogP contribution in [0.15, 0.2) is 36.4 Å². The molecule has 0 saturated carbocycles. The minimum atomic E-state index is -0.413. The highest BCUT2D eigenvalue weighted by molar-refractivity contribution is 6.30. The Hall–Kier alpha value is -2.80. The Balaban J connectivity index is 1.52. The molecular formula is C20H20ClN3O4. The molecule has 1 unspecified atom stereocenters. The first-order valence-electron chi connectivity index (χ1n) is 9.09. The minimum Gasteiger partial charge on any atom is -0.481 e. The largest absolute Gasteiger partial charge is 0.481 e. The lowest BCUT2D eigenvalue weighted by Crippen LogP contribution is -2.29. The number of carbonyl (C=O) groups is 2. The number of cyclic esters (lactones) is 1. The summed E-state index contributed by atoms with van der Waals surface area (Å²) < 4.78 is 10.3. The summed E-state index contributed by atoms with van der Waals surface area (Å²) in [5.74, 6) is 0.826. The third-order valence-corrected chi connectivity index (χ3v) is 5.33. The summed E-state index contributed by atoms with van der Waals surface area (Å²) in [6.07, 6.45) is 0.853. The maximum Gasteiger partial charge on any atom is 0.407 e. The Morgan fingerprint density at radius 1 is 1.25 bits per heavy atom. The Labute approximate surface area is 167 Å². The molecule has 2 saturated heterocycles. The molecule has 146 valence electrons. The van der Waals surface area contributed by atoms with Crippen molar-refractivity contribution in [3.05, 3.63) is 52.5 Å². The lowest BCUT2D eigenvalue weighted by Gasteiger charge is -2.18. The smallest absolute Gasteiger partial charge is 0.407 e. The number of carbonyl (C=O) groups excluding carboxylic acids is 2. The number of aromatic nitrogens is 1. The summed E-state index contributed by atoms with van der Waals surface area (Å²) in [6, 6.07) is 11.0. The van der Waals surface area contributed by atoms with E-state index in [0.29, 0.717) is 36.3 Å².